The SMILES string of the molecule is Cc1ccccc1-c1nn(C)c2c(N)cccc12. The van der Waals surface area contributed by atoms with Gasteiger partial charge in [0.1, 0.15) is 5.69 Å². The molecule has 3 aromatic rings. The number of aryl methyl sites for hydroxylation is 2. The molecule has 2 N–H and O–H groups in total. The van der Waals surface area contributed by atoms with Gasteiger partial charge in [-0.25, -0.2) is 0 Å². The van der Waals surface area contributed by atoms with Crippen LogP contribution in [0.1, 0.15) is 5.56 Å². The summed E-state index contributed by atoms with van der Waals surface area (Å²) in [6, 6.07) is 14.2. The van der Waals surface area contributed by atoms with E-state index in [1.165, 1.54) is 5.56 Å². The van der Waals surface area contributed by atoms with Crippen LogP contribution in [0.25, 0.3) is 22.2 Å². The van der Waals surface area contributed by atoms with Crippen molar-refractivity contribution in [2.24, 2.45) is 7.05 Å². The van der Waals surface area contributed by atoms with E-state index in [1.54, 1.807) is 0 Å². The van der Waals surface area contributed by atoms with Crippen LogP contribution in [0.4, 0.5) is 5.69 Å². The van der Waals surface area contributed by atoms with E-state index in [0.29, 0.717) is 0 Å². The maximum Gasteiger partial charge on any atom is 0.100 e. The van der Waals surface area contributed by atoms with E-state index in [4.69, 9.17) is 5.73 Å². The predicted octanol–water partition coefficient (Wildman–Crippen LogP) is 3.13. The number of nitrogens with zero attached hydrogens (tertiary/aromatic N) is 2. The quantitative estimate of drug-likeness (QED) is 0.661. The van der Waals surface area contributed by atoms with Crippen molar-refractivity contribution in [3.05, 3.63) is 48.0 Å². The molecular formula is C15H15N3. The van der Waals surface area contributed by atoms with Crippen LogP contribution in [-0.2, 0) is 7.05 Å². The van der Waals surface area contributed by atoms with Crippen molar-refractivity contribution in [3.63, 3.8) is 0 Å². The van der Waals surface area contributed by atoms with Crippen LogP contribution in [0.5, 0.6) is 0 Å². The van der Waals surface area contributed by atoms with Gasteiger partial charge in [-0.2, -0.15) is 5.10 Å². The standard InChI is InChI=1S/C15H15N3/c1-10-6-3-4-7-11(10)14-12-8-5-9-13(16)15(12)18(2)17-14/h3-9H,16H2,1-2H3. The molecule has 0 atom stereocenters. The largest absolute Gasteiger partial charge is 0.397 e. The molecule has 2 aromatic carbocycles. The van der Waals surface area contributed by atoms with E-state index in [9.17, 15) is 0 Å². The maximum absolute atomic E-state index is 6.03. The first-order valence-corrected chi connectivity index (χ1v) is 5.95. The van der Waals surface area contributed by atoms with E-state index in [0.717, 1.165) is 27.8 Å². The number of benzene rings is 2. The van der Waals surface area contributed by atoms with Crippen molar-refractivity contribution >= 4 is 16.6 Å². The highest BCUT2D eigenvalue weighted by atomic mass is 15.3. The topological polar surface area (TPSA) is 43.8 Å². The average molecular weight is 237 g/mol. The van der Waals surface area contributed by atoms with Gasteiger partial charge in [0.05, 0.1) is 11.2 Å². The zero-order valence-corrected chi connectivity index (χ0v) is 10.5. The Morgan fingerprint density at radius 3 is 2.61 bits per heavy atom. The first-order valence-electron chi connectivity index (χ1n) is 5.95. The van der Waals surface area contributed by atoms with E-state index in [1.807, 2.05) is 36.0 Å². The van der Waals surface area contributed by atoms with Crippen molar-refractivity contribution < 1.29 is 0 Å². The van der Waals surface area contributed by atoms with Crippen LogP contribution in [-0.4, -0.2) is 9.78 Å². The second-order valence-corrected chi connectivity index (χ2v) is 4.53. The molecule has 0 saturated carbocycles. The molecule has 0 aliphatic rings. The second kappa shape index (κ2) is 3.88. The maximum atomic E-state index is 6.03. The van der Waals surface area contributed by atoms with Gasteiger partial charge in [0.2, 0.25) is 0 Å². The highest BCUT2D eigenvalue weighted by molar-refractivity contribution is 5.99. The van der Waals surface area contributed by atoms with Gasteiger partial charge < -0.3 is 5.73 Å². The average Bonchev–Trinajstić information content (AvgIpc) is 2.69. The molecule has 18 heavy (non-hydrogen) atoms. The van der Waals surface area contributed by atoms with Gasteiger partial charge in [0.15, 0.2) is 0 Å². The van der Waals surface area contributed by atoms with Crippen LogP contribution in [0.2, 0.25) is 0 Å². The number of anilines is 1. The highest BCUT2D eigenvalue weighted by Crippen LogP contribution is 2.31. The van der Waals surface area contributed by atoms with Gasteiger partial charge >= 0.3 is 0 Å². The molecule has 0 fully saturated rings. The van der Waals surface area contributed by atoms with Crippen molar-refractivity contribution in [2.45, 2.75) is 6.92 Å². The van der Waals surface area contributed by atoms with E-state index >= 15 is 0 Å². The lowest BCUT2D eigenvalue weighted by Gasteiger charge is -2.02. The van der Waals surface area contributed by atoms with Crippen LogP contribution in [0.15, 0.2) is 42.5 Å². The van der Waals surface area contributed by atoms with Gasteiger partial charge in [-0.05, 0) is 18.6 Å². The van der Waals surface area contributed by atoms with Crippen LogP contribution in [0, 0.1) is 6.92 Å². The molecule has 0 aliphatic carbocycles. The summed E-state index contributed by atoms with van der Waals surface area (Å²) >= 11 is 0. The summed E-state index contributed by atoms with van der Waals surface area (Å²) in [6.07, 6.45) is 0. The zero-order chi connectivity index (χ0) is 12.7. The lowest BCUT2D eigenvalue weighted by molar-refractivity contribution is 0.801. The Morgan fingerprint density at radius 2 is 1.83 bits per heavy atom. The number of nitrogen functional groups attached to an aromatic ring is 1. The van der Waals surface area contributed by atoms with E-state index in [2.05, 4.69) is 30.2 Å². The Bertz CT molecular complexity index is 726. The summed E-state index contributed by atoms with van der Waals surface area (Å²) in [5.74, 6) is 0. The summed E-state index contributed by atoms with van der Waals surface area (Å²) in [4.78, 5) is 0. The van der Waals surface area contributed by atoms with Crippen molar-refractivity contribution in [1.29, 1.82) is 0 Å². The van der Waals surface area contributed by atoms with Gasteiger partial charge in [0.25, 0.3) is 0 Å². The van der Waals surface area contributed by atoms with Crippen LogP contribution in [0.3, 0.4) is 0 Å². The fourth-order valence-electron chi connectivity index (χ4n) is 2.41. The normalized spacial score (nSPS) is 11.0. The third-order valence-corrected chi connectivity index (χ3v) is 3.30. The third kappa shape index (κ3) is 1.48. The van der Waals surface area contributed by atoms with Crippen molar-refractivity contribution in [2.75, 3.05) is 5.73 Å². The van der Waals surface area contributed by atoms with Crippen LogP contribution >= 0.6 is 0 Å². The molecule has 3 heteroatoms. The lowest BCUT2D eigenvalue weighted by atomic mass is 10.0. The first-order chi connectivity index (χ1) is 8.68. The van der Waals surface area contributed by atoms with Crippen molar-refractivity contribution in [3.8, 4) is 11.3 Å². The number of hydrogen-bond acceptors (Lipinski definition) is 2. The molecule has 0 unspecified atom stereocenters. The Kier molecular flexibility index (Phi) is 2.33. The lowest BCUT2D eigenvalue weighted by Crippen LogP contribution is -1.94. The minimum Gasteiger partial charge on any atom is -0.397 e. The molecule has 0 aliphatic heterocycles. The Hall–Kier alpha value is -2.29. The number of nitrogens with two attached hydrogens (primary N) is 1. The number of fused-ring (bicyclic) bond motifs is 1. The molecule has 3 nitrogen and oxygen atoms in total. The zero-order valence-electron chi connectivity index (χ0n) is 10.5. The monoisotopic (exact) mass is 237 g/mol. The van der Waals surface area contributed by atoms with Gasteiger partial charge in [-0.15, -0.1) is 0 Å². The molecule has 0 spiro atoms. The summed E-state index contributed by atoms with van der Waals surface area (Å²) in [5, 5.41) is 5.72. The minimum atomic E-state index is 0.766. The van der Waals surface area contributed by atoms with Gasteiger partial charge in [-0.3, -0.25) is 4.68 Å². The summed E-state index contributed by atoms with van der Waals surface area (Å²) in [5.41, 5.74) is 11.2. The Labute approximate surface area is 106 Å². The molecule has 0 radical (unpaired) electrons. The molecular weight excluding hydrogens is 222 g/mol. The van der Waals surface area contributed by atoms with Gasteiger partial charge in [-0.1, -0.05) is 36.4 Å². The van der Waals surface area contributed by atoms with E-state index in [-0.39, 0.29) is 0 Å². The summed E-state index contributed by atoms with van der Waals surface area (Å²) in [6.45, 7) is 2.10. The molecule has 1 aromatic heterocycles. The highest BCUT2D eigenvalue weighted by Gasteiger charge is 2.13. The summed E-state index contributed by atoms with van der Waals surface area (Å²) in [7, 11) is 1.93. The fourth-order valence-corrected chi connectivity index (χ4v) is 2.41. The Morgan fingerprint density at radius 1 is 1.06 bits per heavy atom. The van der Waals surface area contributed by atoms with Crippen molar-refractivity contribution in [1.82, 2.24) is 9.78 Å². The number of aromatic nitrogens is 2. The molecule has 1 heterocycles. The third-order valence-electron chi connectivity index (χ3n) is 3.30. The molecule has 90 valence electrons. The first kappa shape index (κ1) is 10.8. The predicted molar refractivity (Wildman–Crippen MR) is 75.3 cm³/mol. The smallest absolute Gasteiger partial charge is 0.100 e. The second-order valence-electron chi connectivity index (χ2n) is 4.53. The minimum absolute atomic E-state index is 0.766. The summed E-state index contributed by atoms with van der Waals surface area (Å²) < 4.78 is 1.85. The number of para-hydroxylation sites is 1. The number of hydrogen-bond donors (Lipinski definition) is 1. The fraction of sp³-hybridized carbons (Fsp3) is 0.133. The van der Waals surface area contributed by atoms with Crippen LogP contribution < -0.4 is 5.73 Å². The van der Waals surface area contributed by atoms with E-state index < -0.39 is 0 Å². The number of rotatable bonds is 1. The molecule has 3 rings (SSSR count). The molecule has 0 saturated heterocycles. The Balaban J connectivity index is 2.38. The molecule has 0 amide bonds. The molecule has 0 bridgehead atoms. The van der Waals surface area contributed by atoms with Gasteiger partial charge in [0, 0.05) is 18.0 Å².